The van der Waals surface area contributed by atoms with Crippen LogP contribution >= 0.6 is 11.6 Å². The number of halogens is 1. The molecular weight excluding hydrogens is 270 g/mol. The molecule has 0 saturated heterocycles. The molecule has 1 heterocycles. The first-order valence-electron chi connectivity index (χ1n) is 6.72. The molecule has 0 aliphatic rings. The normalized spacial score (nSPS) is 12.2. The predicted octanol–water partition coefficient (Wildman–Crippen LogP) is 3.26. The van der Waals surface area contributed by atoms with Gasteiger partial charge >= 0.3 is 0 Å². The Labute approximate surface area is 125 Å². The van der Waals surface area contributed by atoms with E-state index >= 15 is 0 Å². The minimum absolute atomic E-state index is 0.107. The maximum Gasteiger partial charge on any atom is 0.0642 e. The summed E-state index contributed by atoms with van der Waals surface area (Å²) in [6.45, 7) is 2.72. The molecule has 0 saturated carbocycles. The zero-order chi connectivity index (χ0) is 14.5. The molecule has 0 bridgehead atoms. The molecule has 1 unspecified atom stereocenters. The topological polar surface area (TPSA) is 42.1 Å². The van der Waals surface area contributed by atoms with Crippen molar-refractivity contribution < 1.29 is 0 Å². The standard InChI is InChI=1S/C16H20ClN3/c1-12(18)10-13-6-5-8-15(17)16(13)20(2)11-14-7-3-4-9-19-14/h3-9,12H,10-11,18H2,1-2H3. The van der Waals surface area contributed by atoms with E-state index in [1.165, 1.54) is 5.56 Å². The van der Waals surface area contributed by atoms with Gasteiger partial charge in [0.05, 0.1) is 22.9 Å². The summed E-state index contributed by atoms with van der Waals surface area (Å²) in [6.07, 6.45) is 2.61. The fourth-order valence-electron chi connectivity index (χ4n) is 2.31. The largest absolute Gasteiger partial charge is 0.367 e. The highest BCUT2D eigenvalue weighted by atomic mass is 35.5. The number of nitrogens with two attached hydrogens (primary N) is 1. The smallest absolute Gasteiger partial charge is 0.0642 e. The second-order valence-corrected chi connectivity index (χ2v) is 5.51. The van der Waals surface area contributed by atoms with Crippen LogP contribution in [0.3, 0.4) is 0 Å². The van der Waals surface area contributed by atoms with Crippen LogP contribution in [0.5, 0.6) is 0 Å². The molecule has 0 aliphatic carbocycles. The van der Waals surface area contributed by atoms with Gasteiger partial charge in [0.2, 0.25) is 0 Å². The van der Waals surface area contributed by atoms with Crippen LogP contribution in [0.4, 0.5) is 5.69 Å². The minimum atomic E-state index is 0.107. The van der Waals surface area contributed by atoms with E-state index in [9.17, 15) is 0 Å². The first-order chi connectivity index (χ1) is 9.58. The Morgan fingerprint density at radius 1 is 1.25 bits per heavy atom. The van der Waals surface area contributed by atoms with E-state index < -0.39 is 0 Å². The molecular formula is C16H20ClN3. The third-order valence-corrected chi connectivity index (χ3v) is 3.42. The van der Waals surface area contributed by atoms with E-state index in [1.54, 1.807) is 6.20 Å². The highest BCUT2D eigenvalue weighted by Crippen LogP contribution is 2.30. The van der Waals surface area contributed by atoms with Gasteiger partial charge in [-0.1, -0.05) is 29.8 Å². The zero-order valence-corrected chi connectivity index (χ0v) is 12.6. The van der Waals surface area contributed by atoms with Gasteiger partial charge in [-0.2, -0.15) is 0 Å². The van der Waals surface area contributed by atoms with Crippen LogP contribution in [0.1, 0.15) is 18.2 Å². The van der Waals surface area contributed by atoms with Crippen molar-refractivity contribution in [3.8, 4) is 0 Å². The quantitative estimate of drug-likeness (QED) is 0.919. The molecule has 0 aliphatic heterocycles. The lowest BCUT2D eigenvalue weighted by molar-refractivity contribution is 0.733. The Morgan fingerprint density at radius 3 is 2.70 bits per heavy atom. The van der Waals surface area contributed by atoms with E-state index in [0.717, 1.165) is 29.4 Å². The number of benzene rings is 1. The number of rotatable bonds is 5. The van der Waals surface area contributed by atoms with Crippen LogP contribution in [-0.4, -0.2) is 18.1 Å². The summed E-state index contributed by atoms with van der Waals surface area (Å²) in [4.78, 5) is 6.48. The van der Waals surface area contributed by atoms with Gasteiger partial charge in [-0.3, -0.25) is 4.98 Å². The van der Waals surface area contributed by atoms with Gasteiger partial charge in [0.25, 0.3) is 0 Å². The molecule has 0 amide bonds. The second kappa shape index (κ2) is 6.73. The first-order valence-corrected chi connectivity index (χ1v) is 7.09. The lowest BCUT2D eigenvalue weighted by Crippen LogP contribution is -2.23. The average Bonchev–Trinajstić information content (AvgIpc) is 2.39. The van der Waals surface area contributed by atoms with Crippen molar-refractivity contribution in [3.63, 3.8) is 0 Å². The third kappa shape index (κ3) is 3.71. The van der Waals surface area contributed by atoms with E-state index in [0.29, 0.717) is 0 Å². The Morgan fingerprint density at radius 2 is 2.05 bits per heavy atom. The SMILES string of the molecule is CC(N)Cc1cccc(Cl)c1N(C)Cc1ccccn1. The summed E-state index contributed by atoms with van der Waals surface area (Å²) < 4.78 is 0. The van der Waals surface area contributed by atoms with E-state index in [-0.39, 0.29) is 6.04 Å². The Kier molecular flexibility index (Phi) is 4.99. The van der Waals surface area contributed by atoms with Crippen LogP contribution in [-0.2, 0) is 13.0 Å². The summed E-state index contributed by atoms with van der Waals surface area (Å²) in [5, 5.41) is 0.751. The van der Waals surface area contributed by atoms with Crippen LogP contribution in [0.25, 0.3) is 0 Å². The van der Waals surface area contributed by atoms with Gasteiger partial charge in [-0.15, -0.1) is 0 Å². The molecule has 2 N–H and O–H groups in total. The maximum absolute atomic E-state index is 6.37. The van der Waals surface area contributed by atoms with Gasteiger partial charge in [-0.25, -0.2) is 0 Å². The number of hydrogen-bond donors (Lipinski definition) is 1. The summed E-state index contributed by atoms with van der Waals surface area (Å²) >= 11 is 6.37. The lowest BCUT2D eigenvalue weighted by atomic mass is 10.0. The number of pyridine rings is 1. The first kappa shape index (κ1) is 14.8. The van der Waals surface area contributed by atoms with E-state index in [2.05, 4.69) is 16.0 Å². The van der Waals surface area contributed by atoms with Gasteiger partial charge in [0.15, 0.2) is 0 Å². The molecule has 0 spiro atoms. The van der Waals surface area contributed by atoms with E-state index in [1.807, 2.05) is 44.3 Å². The van der Waals surface area contributed by atoms with Gasteiger partial charge in [-0.05, 0) is 37.1 Å². The van der Waals surface area contributed by atoms with Crippen molar-refractivity contribution in [2.45, 2.75) is 25.9 Å². The summed E-state index contributed by atoms with van der Waals surface area (Å²) in [5.74, 6) is 0. The minimum Gasteiger partial charge on any atom is -0.367 e. The van der Waals surface area contributed by atoms with Gasteiger partial charge < -0.3 is 10.6 Å². The van der Waals surface area contributed by atoms with Crippen LogP contribution in [0, 0.1) is 0 Å². The van der Waals surface area contributed by atoms with Crippen LogP contribution < -0.4 is 10.6 Å². The number of anilines is 1. The number of hydrogen-bond acceptors (Lipinski definition) is 3. The molecule has 106 valence electrons. The van der Waals surface area contributed by atoms with Crippen molar-refractivity contribution in [1.82, 2.24) is 4.98 Å². The third-order valence-electron chi connectivity index (χ3n) is 3.12. The highest BCUT2D eigenvalue weighted by molar-refractivity contribution is 6.33. The Balaban J connectivity index is 2.26. The van der Waals surface area contributed by atoms with Crippen LogP contribution in [0.2, 0.25) is 5.02 Å². The fourth-order valence-corrected chi connectivity index (χ4v) is 2.65. The van der Waals surface area contributed by atoms with Gasteiger partial charge in [0.1, 0.15) is 0 Å². The molecule has 1 aromatic carbocycles. The summed E-state index contributed by atoms with van der Waals surface area (Å²) in [6, 6.07) is 12.0. The molecule has 1 atom stereocenters. The van der Waals surface area contributed by atoms with Crippen molar-refractivity contribution >= 4 is 17.3 Å². The Hall–Kier alpha value is -1.58. The Bertz CT molecular complexity index is 555. The lowest BCUT2D eigenvalue weighted by Gasteiger charge is -2.24. The maximum atomic E-state index is 6.37. The van der Waals surface area contributed by atoms with Crippen molar-refractivity contribution in [2.24, 2.45) is 5.73 Å². The molecule has 2 rings (SSSR count). The van der Waals surface area contributed by atoms with E-state index in [4.69, 9.17) is 17.3 Å². The van der Waals surface area contributed by atoms with Crippen molar-refractivity contribution in [2.75, 3.05) is 11.9 Å². The second-order valence-electron chi connectivity index (χ2n) is 5.11. The summed E-state index contributed by atoms with van der Waals surface area (Å²) in [5.41, 5.74) is 9.15. The highest BCUT2D eigenvalue weighted by Gasteiger charge is 2.13. The number of nitrogens with zero attached hydrogens (tertiary/aromatic N) is 2. The van der Waals surface area contributed by atoms with Crippen molar-refractivity contribution in [3.05, 3.63) is 58.9 Å². The predicted molar refractivity (Wildman–Crippen MR) is 85.1 cm³/mol. The monoisotopic (exact) mass is 289 g/mol. The molecule has 20 heavy (non-hydrogen) atoms. The van der Waals surface area contributed by atoms with Crippen molar-refractivity contribution in [1.29, 1.82) is 0 Å². The van der Waals surface area contributed by atoms with Gasteiger partial charge in [0, 0.05) is 19.3 Å². The average molecular weight is 290 g/mol. The zero-order valence-electron chi connectivity index (χ0n) is 11.9. The summed E-state index contributed by atoms with van der Waals surface area (Å²) in [7, 11) is 2.03. The number of para-hydroxylation sites is 1. The molecule has 0 fully saturated rings. The molecule has 0 radical (unpaired) electrons. The molecule has 3 nitrogen and oxygen atoms in total. The van der Waals surface area contributed by atoms with Crippen LogP contribution in [0.15, 0.2) is 42.6 Å². The molecule has 2 aromatic rings. The molecule has 1 aromatic heterocycles. The molecule has 4 heteroatoms. The fraction of sp³-hybridized carbons (Fsp3) is 0.312. The number of aromatic nitrogens is 1.